The van der Waals surface area contributed by atoms with E-state index in [0.29, 0.717) is 6.61 Å². The van der Waals surface area contributed by atoms with E-state index < -0.39 is 0 Å². The van der Waals surface area contributed by atoms with Crippen molar-refractivity contribution < 1.29 is 14.3 Å². The van der Waals surface area contributed by atoms with Gasteiger partial charge in [-0.05, 0) is 61.3 Å². The van der Waals surface area contributed by atoms with Crippen molar-refractivity contribution in [1.29, 1.82) is 0 Å². The molecule has 0 saturated heterocycles. The summed E-state index contributed by atoms with van der Waals surface area (Å²) in [6, 6.07) is 17.1. The average Bonchev–Trinajstić information content (AvgIpc) is 3.19. The second-order valence-corrected chi connectivity index (χ2v) is 7.73. The molecule has 27 heavy (non-hydrogen) atoms. The summed E-state index contributed by atoms with van der Waals surface area (Å²) >= 11 is 0. The third-order valence-corrected chi connectivity index (χ3v) is 5.95. The van der Waals surface area contributed by atoms with Crippen molar-refractivity contribution in [3.63, 3.8) is 0 Å². The van der Waals surface area contributed by atoms with Crippen LogP contribution in [0, 0.1) is 5.92 Å². The maximum Gasteiger partial charge on any atom is 0.309 e. The molecule has 0 spiro atoms. The van der Waals surface area contributed by atoms with Crippen molar-refractivity contribution in [2.75, 3.05) is 6.61 Å². The third kappa shape index (κ3) is 4.02. The fourth-order valence-electron chi connectivity index (χ4n) is 4.61. The van der Waals surface area contributed by atoms with Crippen LogP contribution in [0.2, 0.25) is 0 Å². The molecular weight excluding hydrogens is 336 g/mol. The van der Waals surface area contributed by atoms with Gasteiger partial charge in [0.2, 0.25) is 0 Å². The average molecular weight is 364 g/mol. The number of hydrogen-bond acceptors (Lipinski definition) is 3. The van der Waals surface area contributed by atoms with E-state index in [4.69, 9.17) is 9.47 Å². The molecule has 3 nitrogen and oxygen atoms in total. The Hall–Kier alpha value is -2.29. The summed E-state index contributed by atoms with van der Waals surface area (Å²) < 4.78 is 11.6. The molecule has 0 bridgehead atoms. The van der Waals surface area contributed by atoms with Crippen LogP contribution < -0.4 is 4.74 Å². The van der Waals surface area contributed by atoms with Gasteiger partial charge in [0.05, 0.1) is 12.5 Å². The van der Waals surface area contributed by atoms with Crippen LogP contribution in [-0.4, -0.2) is 18.7 Å². The Labute approximate surface area is 161 Å². The minimum absolute atomic E-state index is 0.0124. The number of hydrogen-bond donors (Lipinski definition) is 0. The molecule has 2 aromatic carbocycles. The lowest BCUT2D eigenvalue weighted by Gasteiger charge is -2.28. The minimum atomic E-state index is -0.0307. The first-order valence-electron chi connectivity index (χ1n) is 10.2. The Morgan fingerprint density at radius 1 is 1.11 bits per heavy atom. The van der Waals surface area contributed by atoms with Crippen molar-refractivity contribution in [2.24, 2.45) is 5.92 Å². The number of carbonyl (C=O) groups is 1. The molecule has 1 heterocycles. The predicted octanol–water partition coefficient (Wildman–Crippen LogP) is 5.07. The molecule has 142 valence electrons. The largest absolute Gasteiger partial charge is 0.490 e. The first-order valence-corrected chi connectivity index (χ1v) is 10.2. The zero-order valence-corrected chi connectivity index (χ0v) is 16.0. The molecule has 1 aliphatic heterocycles. The van der Waals surface area contributed by atoms with Gasteiger partial charge in [-0.2, -0.15) is 0 Å². The molecule has 0 aromatic heterocycles. The molecule has 2 aromatic rings. The Bertz CT molecular complexity index is 783. The summed E-state index contributed by atoms with van der Waals surface area (Å²) in [6.07, 6.45) is 6.38. The summed E-state index contributed by atoms with van der Waals surface area (Å²) in [5.41, 5.74) is 3.88. The van der Waals surface area contributed by atoms with Gasteiger partial charge in [-0.1, -0.05) is 48.9 Å². The Kier molecular flexibility index (Phi) is 5.47. The van der Waals surface area contributed by atoms with Crippen LogP contribution in [0.15, 0.2) is 48.5 Å². The van der Waals surface area contributed by atoms with Crippen molar-refractivity contribution in [1.82, 2.24) is 0 Å². The molecule has 4 rings (SSSR count). The molecular formula is C24H28O3. The second-order valence-electron chi connectivity index (χ2n) is 7.73. The van der Waals surface area contributed by atoms with Crippen LogP contribution in [0.4, 0.5) is 0 Å². The standard InChI is InChI=1S/C24H28O3/c1-2-26-24(25)22-10-6-9-21(22)18-12-14-23-19(16-18)11-13-20(27-23)15-17-7-4-3-5-8-17/h3-5,7-8,12,14,16,20-22H,2,6,9-11,13,15H2,1H3. The zero-order chi connectivity index (χ0) is 18.6. The first-order chi connectivity index (χ1) is 13.2. The quantitative estimate of drug-likeness (QED) is 0.695. The Morgan fingerprint density at radius 2 is 1.96 bits per heavy atom. The van der Waals surface area contributed by atoms with Gasteiger partial charge in [0.25, 0.3) is 0 Å². The summed E-state index contributed by atoms with van der Waals surface area (Å²) in [4.78, 5) is 12.3. The lowest BCUT2D eigenvalue weighted by molar-refractivity contribution is -0.148. The highest BCUT2D eigenvalue weighted by Gasteiger charge is 2.35. The minimum Gasteiger partial charge on any atom is -0.490 e. The van der Waals surface area contributed by atoms with Gasteiger partial charge in [-0.3, -0.25) is 4.79 Å². The summed E-state index contributed by atoms with van der Waals surface area (Å²) in [6.45, 7) is 2.34. The van der Waals surface area contributed by atoms with E-state index in [9.17, 15) is 4.79 Å². The topological polar surface area (TPSA) is 35.5 Å². The smallest absolute Gasteiger partial charge is 0.309 e. The number of esters is 1. The van der Waals surface area contributed by atoms with Crippen molar-refractivity contribution >= 4 is 5.97 Å². The van der Waals surface area contributed by atoms with E-state index in [1.54, 1.807) is 0 Å². The monoisotopic (exact) mass is 364 g/mol. The van der Waals surface area contributed by atoms with Gasteiger partial charge in [-0.25, -0.2) is 0 Å². The van der Waals surface area contributed by atoms with Gasteiger partial charge in [0.1, 0.15) is 11.9 Å². The molecule has 3 atom stereocenters. The number of fused-ring (bicyclic) bond motifs is 1. The van der Waals surface area contributed by atoms with Gasteiger partial charge in [0.15, 0.2) is 0 Å². The lowest BCUT2D eigenvalue weighted by Crippen LogP contribution is -2.25. The third-order valence-electron chi connectivity index (χ3n) is 5.95. The highest BCUT2D eigenvalue weighted by Crippen LogP contribution is 2.42. The normalized spacial score (nSPS) is 24.1. The summed E-state index contributed by atoms with van der Waals surface area (Å²) in [7, 11) is 0. The van der Waals surface area contributed by atoms with E-state index in [0.717, 1.165) is 44.3 Å². The molecule has 0 amide bonds. The molecule has 1 saturated carbocycles. The molecule has 3 heteroatoms. The maximum absolute atomic E-state index is 12.3. The lowest BCUT2D eigenvalue weighted by atomic mass is 9.86. The van der Waals surface area contributed by atoms with E-state index in [2.05, 4.69) is 48.5 Å². The summed E-state index contributed by atoms with van der Waals surface area (Å²) in [5.74, 6) is 1.28. The van der Waals surface area contributed by atoms with Crippen LogP contribution in [0.25, 0.3) is 0 Å². The number of rotatable bonds is 5. The molecule has 1 aliphatic carbocycles. The fraction of sp³-hybridized carbons (Fsp3) is 0.458. The molecule has 1 fully saturated rings. The highest BCUT2D eigenvalue weighted by molar-refractivity contribution is 5.74. The van der Waals surface area contributed by atoms with E-state index in [1.807, 2.05) is 6.92 Å². The van der Waals surface area contributed by atoms with Crippen LogP contribution >= 0.6 is 0 Å². The van der Waals surface area contributed by atoms with Gasteiger partial charge >= 0.3 is 5.97 Å². The molecule has 2 aliphatic rings. The first kappa shape index (κ1) is 18.1. The number of benzene rings is 2. The van der Waals surface area contributed by atoms with Crippen LogP contribution in [0.5, 0.6) is 5.75 Å². The predicted molar refractivity (Wildman–Crippen MR) is 106 cm³/mol. The van der Waals surface area contributed by atoms with E-state index >= 15 is 0 Å². The SMILES string of the molecule is CCOC(=O)C1CCCC1c1ccc2c(c1)CCC(Cc1ccccc1)O2. The Morgan fingerprint density at radius 3 is 2.78 bits per heavy atom. The van der Waals surface area contributed by atoms with Crippen molar-refractivity contribution in [3.8, 4) is 5.75 Å². The van der Waals surface area contributed by atoms with Crippen molar-refractivity contribution in [2.45, 2.75) is 57.5 Å². The van der Waals surface area contributed by atoms with Crippen LogP contribution in [-0.2, 0) is 22.4 Å². The zero-order valence-electron chi connectivity index (χ0n) is 16.0. The number of ether oxygens (including phenoxy) is 2. The van der Waals surface area contributed by atoms with Crippen LogP contribution in [0.3, 0.4) is 0 Å². The highest BCUT2D eigenvalue weighted by atomic mass is 16.5. The summed E-state index contributed by atoms with van der Waals surface area (Å²) in [5, 5.41) is 0. The van der Waals surface area contributed by atoms with Gasteiger partial charge in [0, 0.05) is 6.42 Å². The van der Waals surface area contributed by atoms with Crippen LogP contribution in [0.1, 0.15) is 55.2 Å². The number of aryl methyl sites for hydroxylation is 1. The van der Waals surface area contributed by atoms with Gasteiger partial charge in [-0.15, -0.1) is 0 Å². The van der Waals surface area contributed by atoms with E-state index in [1.165, 1.54) is 16.7 Å². The number of carbonyl (C=O) groups excluding carboxylic acids is 1. The maximum atomic E-state index is 12.3. The van der Waals surface area contributed by atoms with Crippen molar-refractivity contribution in [3.05, 3.63) is 65.2 Å². The fourth-order valence-corrected chi connectivity index (χ4v) is 4.61. The molecule has 0 N–H and O–H groups in total. The molecule has 3 unspecified atom stereocenters. The second kappa shape index (κ2) is 8.16. The molecule has 0 radical (unpaired) electrons. The Balaban J connectivity index is 1.46. The van der Waals surface area contributed by atoms with Gasteiger partial charge < -0.3 is 9.47 Å². The van der Waals surface area contributed by atoms with E-state index in [-0.39, 0.29) is 23.9 Å².